The van der Waals surface area contributed by atoms with Crippen LogP contribution >= 0.6 is 22.9 Å². The van der Waals surface area contributed by atoms with Gasteiger partial charge in [-0.3, -0.25) is 0 Å². The molecule has 2 nitrogen and oxygen atoms in total. The summed E-state index contributed by atoms with van der Waals surface area (Å²) in [7, 11) is 0. The molecular formula is C14H9ClN2S. The number of nitrogens with one attached hydrogen (secondary N) is 1. The maximum atomic E-state index is 9.00. The second-order valence-corrected chi connectivity index (χ2v) is 5.36. The normalized spacial score (nSPS) is 10.7. The maximum absolute atomic E-state index is 9.00. The fraction of sp³-hybridized carbons (Fsp3) is 0.0714. The van der Waals surface area contributed by atoms with Crippen LogP contribution in [0.4, 0.5) is 0 Å². The van der Waals surface area contributed by atoms with E-state index in [1.165, 1.54) is 0 Å². The van der Waals surface area contributed by atoms with Crippen molar-refractivity contribution in [3.05, 3.63) is 46.3 Å². The van der Waals surface area contributed by atoms with Crippen LogP contribution in [-0.4, -0.2) is 4.98 Å². The molecule has 0 fully saturated rings. The van der Waals surface area contributed by atoms with Gasteiger partial charge in [-0.25, -0.2) is 0 Å². The van der Waals surface area contributed by atoms with Gasteiger partial charge in [-0.05, 0) is 29.6 Å². The fourth-order valence-corrected chi connectivity index (χ4v) is 3.04. The van der Waals surface area contributed by atoms with E-state index in [2.05, 4.69) is 17.1 Å². The molecule has 0 saturated carbocycles. The SMILES string of the molecule is N#CCc1c(-c2cccs2)[nH]c2ccc(Cl)cc12. The van der Waals surface area contributed by atoms with E-state index >= 15 is 0 Å². The minimum atomic E-state index is 0.383. The highest BCUT2D eigenvalue weighted by Crippen LogP contribution is 2.34. The van der Waals surface area contributed by atoms with Crippen molar-refractivity contribution < 1.29 is 0 Å². The Morgan fingerprint density at radius 2 is 2.22 bits per heavy atom. The van der Waals surface area contributed by atoms with Gasteiger partial charge in [-0.2, -0.15) is 5.26 Å². The Balaban J connectivity index is 2.31. The molecule has 88 valence electrons. The largest absolute Gasteiger partial charge is 0.354 e. The first-order valence-electron chi connectivity index (χ1n) is 5.50. The number of nitrogens with zero attached hydrogens (tertiary/aromatic N) is 1. The van der Waals surface area contributed by atoms with Gasteiger partial charge in [0.1, 0.15) is 0 Å². The lowest BCUT2D eigenvalue weighted by Gasteiger charge is -1.97. The summed E-state index contributed by atoms with van der Waals surface area (Å²) in [5.41, 5.74) is 3.08. The van der Waals surface area contributed by atoms with Crippen molar-refractivity contribution in [2.45, 2.75) is 6.42 Å². The van der Waals surface area contributed by atoms with Crippen molar-refractivity contribution in [2.75, 3.05) is 0 Å². The van der Waals surface area contributed by atoms with Crippen LogP contribution in [-0.2, 0) is 6.42 Å². The van der Waals surface area contributed by atoms with Crippen molar-refractivity contribution >= 4 is 33.8 Å². The summed E-state index contributed by atoms with van der Waals surface area (Å²) in [5.74, 6) is 0. The summed E-state index contributed by atoms with van der Waals surface area (Å²) in [6.07, 6.45) is 0.383. The lowest BCUT2D eigenvalue weighted by atomic mass is 10.1. The van der Waals surface area contributed by atoms with Gasteiger partial charge < -0.3 is 4.98 Å². The average molecular weight is 273 g/mol. The number of hydrogen-bond acceptors (Lipinski definition) is 2. The van der Waals surface area contributed by atoms with Crippen molar-refractivity contribution in [2.24, 2.45) is 0 Å². The van der Waals surface area contributed by atoms with Crippen molar-refractivity contribution in [1.29, 1.82) is 5.26 Å². The van der Waals surface area contributed by atoms with E-state index in [4.69, 9.17) is 16.9 Å². The second-order valence-electron chi connectivity index (χ2n) is 3.98. The lowest BCUT2D eigenvalue weighted by molar-refractivity contribution is 1.28. The van der Waals surface area contributed by atoms with Crippen LogP contribution in [0.25, 0.3) is 21.5 Å². The molecule has 0 bridgehead atoms. The number of aromatic amines is 1. The predicted octanol–water partition coefficient (Wildman–Crippen LogP) is 4.62. The molecule has 2 heterocycles. The van der Waals surface area contributed by atoms with E-state index in [-0.39, 0.29) is 0 Å². The smallest absolute Gasteiger partial charge is 0.0670 e. The zero-order valence-corrected chi connectivity index (χ0v) is 11.0. The van der Waals surface area contributed by atoms with Crippen LogP contribution in [0.15, 0.2) is 35.7 Å². The molecule has 0 aliphatic carbocycles. The lowest BCUT2D eigenvalue weighted by Crippen LogP contribution is -1.83. The van der Waals surface area contributed by atoms with Crippen LogP contribution in [0.5, 0.6) is 0 Å². The number of nitriles is 1. The molecular weight excluding hydrogens is 264 g/mol. The Labute approximate surface area is 113 Å². The molecule has 18 heavy (non-hydrogen) atoms. The first-order valence-corrected chi connectivity index (χ1v) is 6.76. The van der Waals surface area contributed by atoms with Gasteiger partial charge in [0, 0.05) is 21.5 Å². The topological polar surface area (TPSA) is 39.6 Å². The molecule has 0 radical (unpaired) electrons. The van der Waals surface area contributed by atoms with Crippen molar-refractivity contribution in [3.8, 4) is 16.6 Å². The quantitative estimate of drug-likeness (QED) is 0.727. The Kier molecular flexibility index (Phi) is 2.83. The molecule has 0 aliphatic heterocycles. The predicted molar refractivity (Wildman–Crippen MR) is 75.9 cm³/mol. The van der Waals surface area contributed by atoms with Gasteiger partial charge in [0.25, 0.3) is 0 Å². The maximum Gasteiger partial charge on any atom is 0.0670 e. The summed E-state index contributed by atoms with van der Waals surface area (Å²) >= 11 is 7.69. The fourth-order valence-electron chi connectivity index (χ4n) is 2.11. The molecule has 1 N–H and O–H groups in total. The number of fused-ring (bicyclic) bond motifs is 1. The first-order chi connectivity index (χ1) is 8.79. The Morgan fingerprint density at radius 3 is 2.94 bits per heavy atom. The third-order valence-corrected chi connectivity index (χ3v) is 4.01. The number of benzene rings is 1. The van der Waals surface area contributed by atoms with E-state index in [9.17, 15) is 0 Å². The third kappa shape index (κ3) is 1.80. The molecule has 0 saturated heterocycles. The van der Waals surface area contributed by atoms with Gasteiger partial charge in [0.2, 0.25) is 0 Å². The number of aromatic nitrogens is 1. The van der Waals surface area contributed by atoms with Gasteiger partial charge >= 0.3 is 0 Å². The summed E-state index contributed by atoms with van der Waals surface area (Å²) in [6.45, 7) is 0. The number of halogens is 1. The molecule has 0 amide bonds. The third-order valence-electron chi connectivity index (χ3n) is 2.89. The van der Waals surface area contributed by atoms with Gasteiger partial charge in [0.15, 0.2) is 0 Å². The molecule has 2 aromatic heterocycles. The van der Waals surface area contributed by atoms with E-state index in [1.807, 2.05) is 29.6 Å². The summed E-state index contributed by atoms with van der Waals surface area (Å²) in [4.78, 5) is 4.53. The van der Waals surface area contributed by atoms with Gasteiger partial charge in [0.05, 0.1) is 23.1 Å². The van der Waals surface area contributed by atoms with Crippen molar-refractivity contribution in [1.82, 2.24) is 4.98 Å². The monoisotopic (exact) mass is 272 g/mol. The highest BCUT2D eigenvalue weighted by molar-refractivity contribution is 7.13. The Bertz CT molecular complexity index is 735. The van der Waals surface area contributed by atoms with E-state index in [0.717, 1.165) is 27.0 Å². The summed E-state index contributed by atoms with van der Waals surface area (Å²) in [5, 5.41) is 12.8. The molecule has 0 spiro atoms. The minimum Gasteiger partial charge on any atom is -0.354 e. The molecule has 1 aromatic carbocycles. The van der Waals surface area contributed by atoms with E-state index in [1.54, 1.807) is 11.3 Å². The molecule has 4 heteroatoms. The summed E-state index contributed by atoms with van der Waals surface area (Å²) < 4.78 is 0. The second kappa shape index (κ2) is 4.49. The molecule has 0 unspecified atom stereocenters. The van der Waals surface area contributed by atoms with E-state index < -0.39 is 0 Å². The summed E-state index contributed by atoms with van der Waals surface area (Å²) in [6, 6.07) is 12.0. The highest BCUT2D eigenvalue weighted by atomic mass is 35.5. The zero-order chi connectivity index (χ0) is 12.5. The number of hydrogen-bond donors (Lipinski definition) is 1. The highest BCUT2D eigenvalue weighted by Gasteiger charge is 2.13. The molecule has 0 atom stereocenters. The van der Waals surface area contributed by atoms with Gasteiger partial charge in [-0.1, -0.05) is 17.7 Å². The molecule has 3 aromatic rings. The van der Waals surface area contributed by atoms with Gasteiger partial charge in [-0.15, -0.1) is 11.3 Å². The van der Waals surface area contributed by atoms with Crippen LogP contribution in [0.3, 0.4) is 0 Å². The standard InChI is InChI=1S/C14H9ClN2S/c15-9-3-4-12-11(8-9)10(5-6-16)14(17-12)13-2-1-7-18-13/h1-4,7-8,17H,5H2. The van der Waals surface area contributed by atoms with Crippen LogP contribution in [0.1, 0.15) is 5.56 Å². The Morgan fingerprint density at radius 1 is 1.33 bits per heavy atom. The van der Waals surface area contributed by atoms with Crippen LogP contribution in [0, 0.1) is 11.3 Å². The van der Waals surface area contributed by atoms with Crippen molar-refractivity contribution in [3.63, 3.8) is 0 Å². The van der Waals surface area contributed by atoms with Crippen LogP contribution in [0.2, 0.25) is 5.02 Å². The van der Waals surface area contributed by atoms with E-state index in [0.29, 0.717) is 11.4 Å². The first kappa shape index (κ1) is 11.3. The zero-order valence-electron chi connectivity index (χ0n) is 9.40. The average Bonchev–Trinajstić information content (AvgIpc) is 2.98. The Hall–Kier alpha value is -1.76. The number of rotatable bonds is 2. The number of thiophene rings is 1. The molecule has 3 rings (SSSR count). The van der Waals surface area contributed by atoms with Crippen LogP contribution < -0.4 is 0 Å². The molecule has 0 aliphatic rings. The minimum absolute atomic E-state index is 0.383. The number of H-pyrrole nitrogens is 1.